The molecule has 0 N–H and O–H groups in total. The van der Waals surface area contributed by atoms with Crippen LogP contribution in [0.3, 0.4) is 0 Å². The van der Waals surface area contributed by atoms with Crippen LogP contribution in [0.1, 0.15) is 20.7 Å². The van der Waals surface area contributed by atoms with Crippen molar-refractivity contribution in [3.05, 3.63) is 59.9 Å². The molecule has 0 amide bonds. The highest BCUT2D eigenvalue weighted by atomic mass is 127. The number of esters is 2. The molecule has 0 aliphatic carbocycles. The quantitative estimate of drug-likeness (QED) is 0.274. The number of rotatable bonds is 3. The summed E-state index contributed by atoms with van der Waals surface area (Å²) in [6, 6.07) is 9.82. The summed E-state index contributed by atoms with van der Waals surface area (Å²) in [5.41, 5.74) is 0.610. The second kappa shape index (κ2) is 7.72. The Hall–Kier alpha value is -1.96. The second-order valence-electron chi connectivity index (χ2n) is 4.14. The molecule has 21 heavy (non-hydrogen) atoms. The summed E-state index contributed by atoms with van der Waals surface area (Å²) in [7, 11) is 3.08. The van der Waals surface area contributed by atoms with E-state index in [1.807, 2.05) is 0 Å². The zero-order chi connectivity index (χ0) is 14.5. The molecule has 0 unspecified atom stereocenters. The number of para-hydroxylation sites is 1. The van der Waals surface area contributed by atoms with E-state index in [2.05, 4.69) is 4.74 Å². The molecule has 0 fully saturated rings. The number of hydrogen-bond acceptors (Lipinski definition) is 4. The van der Waals surface area contributed by atoms with Crippen LogP contribution in [-0.2, 0) is 11.8 Å². The van der Waals surface area contributed by atoms with Crippen LogP contribution in [0.4, 0.5) is 0 Å². The fourth-order valence-electron chi connectivity index (χ4n) is 1.70. The number of pyridine rings is 1. The summed E-state index contributed by atoms with van der Waals surface area (Å²) in [6.45, 7) is 0. The number of carbonyl (C=O) groups excluding carboxylic acids is 2. The monoisotopic (exact) mass is 399 g/mol. The molecular formula is C15H14INO4. The lowest BCUT2D eigenvalue weighted by Crippen LogP contribution is -3.00. The van der Waals surface area contributed by atoms with Crippen molar-refractivity contribution in [2.75, 3.05) is 7.11 Å². The van der Waals surface area contributed by atoms with Gasteiger partial charge >= 0.3 is 11.9 Å². The van der Waals surface area contributed by atoms with Crippen molar-refractivity contribution in [3.8, 4) is 5.75 Å². The molecule has 0 spiro atoms. The molecule has 0 atom stereocenters. The highest BCUT2D eigenvalue weighted by Crippen LogP contribution is 2.19. The molecule has 0 radical (unpaired) electrons. The Morgan fingerprint density at radius 3 is 2.43 bits per heavy atom. The van der Waals surface area contributed by atoms with Crippen LogP contribution in [0.2, 0.25) is 0 Å². The Morgan fingerprint density at radius 2 is 1.76 bits per heavy atom. The number of hydrogen-bond donors (Lipinski definition) is 0. The number of benzene rings is 1. The van der Waals surface area contributed by atoms with Gasteiger partial charge in [0.25, 0.3) is 0 Å². The van der Waals surface area contributed by atoms with E-state index in [1.165, 1.54) is 7.11 Å². The lowest BCUT2D eigenvalue weighted by Gasteiger charge is -2.07. The summed E-state index contributed by atoms with van der Waals surface area (Å²) >= 11 is 0. The number of ether oxygens (including phenoxy) is 2. The van der Waals surface area contributed by atoms with E-state index in [1.54, 1.807) is 60.4 Å². The predicted octanol–water partition coefficient (Wildman–Crippen LogP) is -1.48. The molecular weight excluding hydrogens is 385 g/mol. The van der Waals surface area contributed by atoms with Crippen LogP contribution >= 0.6 is 0 Å². The van der Waals surface area contributed by atoms with E-state index in [9.17, 15) is 9.59 Å². The number of nitrogens with zero attached hydrogens (tertiary/aromatic N) is 1. The number of halogens is 1. The van der Waals surface area contributed by atoms with E-state index in [-0.39, 0.29) is 35.3 Å². The standard InChI is InChI=1S/C15H14NO4.HI/c1-16-9-5-6-11(10-16)14(17)20-13-8-4-3-7-12(13)15(18)19-2;/h3-10H,1-2H3;1H/q+1;/p-1. The van der Waals surface area contributed by atoms with Gasteiger partial charge in [-0.1, -0.05) is 12.1 Å². The van der Waals surface area contributed by atoms with Crippen molar-refractivity contribution >= 4 is 11.9 Å². The molecule has 0 bridgehead atoms. The van der Waals surface area contributed by atoms with E-state index in [0.29, 0.717) is 5.56 Å². The average Bonchev–Trinajstić information content (AvgIpc) is 2.47. The summed E-state index contributed by atoms with van der Waals surface area (Å²) in [5.74, 6) is -0.902. The maximum Gasteiger partial charge on any atom is 0.349 e. The van der Waals surface area contributed by atoms with Gasteiger partial charge in [-0.25, -0.2) is 14.2 Å². The van der Waals surface area contributed by atoms with Crippen LogP contribution in [0.5, 0.6) is 5.75 Å². The summed E-state index contributed by atoms with van der Waals surface area (Å²) in [4.78, 5) is 23.6. The fourth-order valence-corrected chi connectivity index (χ4v) is 1.70. The molecule has 1 aromatic carbocycles. The second-order valence-corrected chi connectivity index (χ2v) is 4.14. The number of methoxy groups -OCH3 is 1. The highest BCUT2D eigenvalue weighted by Gasteiger charge is 2.17. The first-order valence-corrected chi connectivity index (χ1v) is 5.96. The largest absolute Gasteiger partial charge is 1.00 e. The minimum Gasteiger partial charge on any atom is -1.00 e. The molecule has 0 aliphatic heterocycles. The van der Waals surface area contributed by atoms with Crippen molar-refractivity contribution in [1.82, 2.24) is 0 Å². The van der Waals surface area contributed by atoms with Gasteiger partial charge in [-0.3, -0.25) is 0 Å². The van der Waals surface area contributed by atoms with Crippen molar-refractivity contribution < 1.29 is 47.6 Å². The van der Waals surface area contributed by atoms with Crippen LogP contribution in [0.25, 0.3) is 0 Å². The van der Waals surface area contributed by atoms with Crippen molar-refractivity contribution in [2.24, 2.45) is 7.05 Å². The zero-order valence-electron chi connectivity index (χ0n) is 11.6. The summed E-state index contributed by atoms with van der Waals surface area (Å²) in [6.07, 6.45) is 3.45. The number of carbonyl (C=O) groups is 2. The maximum absolute atomic E-state index is 12.0. The highest BCUT2D eigenvalue weighted by molar-refractivity contribution is 5.95. The minimum atomic E-state index is -0.549. The lowest BCUT2D eigenvalue weighted by atomic mass is 10.2. The Balaban J connectivity index is 0.00000220. The van der Waals surface area contributed by atoms with Gasteiger partial charge in [0, 0.05) is 6.07 Å². The average molecular weight is 399 g/mol. The minimum absolute atomic E-state index is 0. The summed E-state index contributed by atoms with van der Waals surface area (Å²) < 4.78 is 11.6. The predicted molar refractivity (Wildman–Crippen MR) is 70.4 cm³/mol. The maximum atomic E-state index is 12.0. The third-order valence-electron chi connectivity index (χ3n) is 2.67. The third-order valence-corrected chi connectivity index (χ3v) is 2.67. The van der Waals surface area contributed by atoms with Gasteiger partial charge in [-0.2, -0.15) is 0 Å². The Labute approximate surface area is 139 Å². The molecule has 0 saturated heterocycles. The Bertz CT molecular complexity index is 658. The van der Waals surface area contributed by atoms with Gasteiger partial charge in [-0.05, 0) is 18.2 Å². The van der Waals surface area contributed by atoms with Crippen molar-refractivity contribution in [3.63, 3.8) is 0 Å². The van der Waals surface area contributed by atoms with E-state index in [4.69, 9.17) is 4.74 Å². The molecule has 110 valence electrons. The van der Waals surface area contributed by atoms with Crippen molar-refractivity contribution in [1.29, 1.82) is 0 Å². The molecule has 0 aliphatic rings. The molecule has 1 heterocycles. The van der Waals surface area contributed by atoms with Crippen LogP contribution in [0.15, 0.2) is 48.8 Å². The normalized spacial score (nSPS) is 9.43. The van der Waals surface area contributed by atoms with E-state index >= 15 is 0 Å². The summed E-state index contributed by atoms with van der Waals surface area (Å²) in [5, 5.41) is 0. The van der Waals surface area contributed by atoms with Gasteiger partial charge < -0.3 is 33.5 Å². The van der Waals surface area contributed by atoms with Crippen LogP contribution < -0.4 is 33.3 Å². The van der Waals surface area contributed by atoms with Crippen molar-refractivity contribution in [2.45, 2.75) is 0 Å². The van der Waals surface area contributed by atoms with Crippen LogP contribution in [-0.4, -0.2) is 19.0 Å². The zero-order valence-corrected chi connectivity index (χ0v) is 13.7. The molecule has 1 aromatic heterocycles. The van der Waals surface area contributed by atoms with Gasteiger partial charge in [0.15, 0.2) is 12.4 Å². The Kier molecular flexibility index (Phi) is 6.29. The molecule has 2 aromatic rings. The first kappa shape index (κ1) is 17.1. The molecule has 2 rings (SSSR count). The van der Waals surface area contributed by atoms with E-state index < -0.39 is 11.9 Å². The number of aromatic nitrogens is 1. The fraction of sp³-hybridized carbons (Fsp3) is 0.133. The number of aryl methyl sites for hydroxylation is 1. The molecule has 0 saturated carbocycles. The molecule has 6 heteroatoms. The van der Waals surface area contributed by atoms with Gasteiger partial charge in [-0.15, -0.1) is 0 Å². The first-order chi connectivity index (χ1) is 9.61. The Morgan fingerprint density at radius 1 is 1.05 bits per heavy atom. The van der Waals surface area contributed by atoms with Gasteiger partial charge in [0.1, 0.15) is 23.9 Å². The molecule has 5 nitrogen and oxygen atoms in total. The topological polar surface area (TPSA) is 56.5 Å². The third kappa shape index (κ3) is 4.25. The lowest BCUT2D eigenvalue weighted by molar-refractivity contribution is -0.671. The SMILES string of the molecule is COC(=O)c1ccccc1OC(=O)c1ccc[n+](C)c1.[I-]. The first-order valence-electron chi connectivity index (χ1n) is 5.96. The smallest absolute Gasteiger partial charge is 0.349 e. The van der Waals surface area contributed by atoms with Gasteiger partial charge in [0.2, 0.25) is 0 Å². The van der Waals surface area contributed by atoms with Crippen LogP contribution in [0, 0.1) is 0 Å². The van der Waals surface area contributed by atoms with E-state index in [0.717, 1.165) is 0 Å². The van der Waals surface area contributed by atoms with Gasteiger partial charge in [0.05, 0.1) is 7.11 Å².